The van der Waals surface area contributed by atoms with Crippen molar-refractivity contribution >= 4 is 0 Å². The molecule has 0 bridgehead atoms. The average Bonchev–Trinajstić information content (AvgIpc) is 2.69. The molecular weight excluding hydrogens is 328 g/mol. The summed E-state index contributed by atoms with van der Waals surface area (Å²) in [7, 11) is 0. The average molecular weight is 350 g/mol. The molecule has 0 saturated heterocycles. The van der Waals surface area contributed by atoms with Gasteiger partial charge in [-0.2, -0.15) is 0 Å². The summed E-state index contributed by atoms with van der Waals surface area (Å²) < 4.78 is 7.47. The van der Waals surface area contributed by atoms with E-state index in [-0.39, 0.29) is 23.8 Å². The first kappa shape index (κ1) is 17.9. The molecule has 0 aliphatic carbocycles. The van der Waals surface area contributed by atoms with Crippen LogP contribution in [0.3, 0.4) is 0 Å². The van der Waals surface area contributed by atoms with Crippen molar-refractivity contribution in [3.8, 4) is 5.75 Å². The molecule has 0 spiro atoms. The molecule has 134 valence electrons. The minimum Gasteiger partial charge on any atom is -0.483 e. The molecule has 1 aromatic heterocycles. The first-order chi connectivity index (χ1) is 12.7. The first-order valence-electron chi connectivity index (χ1n) is 8.49. The van der Waals surface area contributed by atoms with Crippen LogP contribution in [0, 0.1) is 0 Å². The molecule has 0 aliphatic rings. The van der Waals surface area contributed by atoms with Crippen LogP contribution in [0.1, 0.15) is 22.9 Å². The number of aliphatic hydroxyl groups is 1. The van der Waals surface area contributed by atoms with Gasteiger partial charge in [-0.15, -0.1) is 0 Å². The zero-order valence-corrected chi connectivity index (χ0v) is 14.4. The summed E-state index contributed by atoms with van der Waals surface area (Å²) in [6, 6.07) is 20.5. The van der Waals surface area contributed by atoms with E-state index in [0.29, 0.717) is 18.8 Å². The Hall–Kier alpha value is -2.89. The summed E-state index contributed by atoms with van der Waals surface area (Å²) in [5, 5.41) is 9.58. The summed E-state index contributed by atoms with van der Waals surface area (Å²) >= 11 is 0. The highest BCUT2D eigenvalue weighted by molar-refractivity contribution is 5.24. The molecular formula is C21H22N2O3. The molecule has 0 amide bonds. The van der Waals surface area contributed by atoms with Crippen molar-refractivity contribution < 1.29 is 9.84 Å². The van der Waals surface area contributed by atoms with Gasteiger partial charge in [0.15, 0.2) is 5.75 Å². The van der Waals surface area contributed by atoms with Crippen LogP contribution in [0.25, 0.3) is 0 Å². The van der Waals surface area contributed by atoms with Crippen LogP contribution >= 0.6 is 0 Å². The molecule has 2 aromatic carbocycles. The van der Waals surface area contributed by atoms with Gasteiger partial charge in [0.25, 0.3) is 0 Å². The quantitative estimate of drug-likeness (QED) is 0.687. The number of aliphatic hydroxyl groups excluding tert-OH is 1. The highest BCUT2D eigenvalue weighted by atomic mass is 16.5. The largest absolute Gasteiger partial charge is 0.483 e. The SMILES string of the molecule is NC(Cn1cc(OCc2ccccc2)c(=O)cc1CO)c1ccccc1. The van der Waals surface area contributed by atoms with Gasteiger partial charge in [0.05, 0.1) is 12.8 Å². The topological polar surface area (TPSA) is 77.5 Å². The van der Waals surface area contributed by atoms with E-state index in [2.05, 4.69) is 0 Å². The number of nitrogens with zero attached hydrogens (tertiary/aromatic N) is 1. The number of rotatable bonds is 7. The van der Waals surface area contributed by atoms with E-state index in [9.17, 15) is 9.90 Å². The lowest BCUT2D eigenvalue weighted by molar-refractivity contribution is 0.264. The van der Waals surface area contributed by atoms with Crippen LogP contribution < -0.4 is 15.9 Å². The van der Waals surface area contributed by atoms with Crippen LogP contribution in [-0.4, -0.2) is 9.67 Å². The van der Waals surface area contributed by atoms with Crippen LogP contribution in [0.5, 0.6) is 5.75 Å². The third kappa shape index (κ3) is 4.39. The number of pyridine rings is 1. The van der Waals surface area contributed by atoms with E-state index in [0.717, 1.165) is 11.1 Å². The van der Waals surface area contributed by atoms with Crippen molar-refractivity contribution in [3.63, 3.8) is 0 Å². The fourth-order valence-electron chi connectivity index (χ4n) is 2.76. The van der Waals surface area contributed by atoms with E-state index in [1.165, 1.54) is 6.07 Å². The van der Waals surface area contributed by atoms with E-state index in [1.54, 1.807) is 10.8 Å². The summed E-state index contributed by atoms with van der Waals surface area (Å²) in [6.45, 7) is 0.497. The Morgan fingerprint density at radius 1 is 1.04 bits per heavy atom. The van der Waals surface area contributed by atoms with Gasteiger partial charge < -0.3 is 20.1 Å². The summed E-state index contributed by atoms with van der Waals surface area (Å²) in [5.41, 5.74) is 8.50. The van der Waals surface area contributed by atoms with E-state index in [1.807, 2.05) is 60.7 Å². The van der Waals surface area contributed by atoms with Crippen LogP contribution in [0.15, 0.2) is 77.7 Å². The summed E-state index contributed by atoms with van der Waals surface area (Å²) in [5.74, 6) is 0.242. The van der Waals surface area contributed by atoms with Crippen molar-refractivity contribution in [1.29, 1.82) is 0 Å². The molecule has 0 saturated carbocycles. The second-order valence-corrected chi connectivity index (χ2v) is 6.10. The highest BCUT2D eigenvalue weighted by Crippen LogP contribution is 2.16. The number of nitrogens with two attached hydrogens (primary N) is 1. The summed E-state index contributed by atoms with van der Waals surface area (Å²) in [6.07, 6.45) is 1.62. The van der Waals surface area contributed by atoms with Crippen LogP contribution in [0.2, 0.25) is 0 Å². The van der Waals surface area contributed by atoms with Crippen LogP contribution in [-0.2, 0) is 19.8 Å². The van der Waals surface area contributed by atoms with Gasteiger partial charge in [-0.1, -0.05) is 60.7 Å². The molecule has 0 radical (unpaired) electrons. The van der Waals surface area contributed by atoms with Gasteiger partial charge in [-0.05, 0) is 11.1 Å². The van der Waals surface area contributed by atoms with Crippen molar-refractivity contribution in [1.82, 2.24) is 4.57 Å². The summed E-state index contributed by atoms with van der Waals surface area (Å²) in [4.78, 5) is 12.2. The van der Waals surface area contributed by atoms with E-state index >= 15 is 0 Å². The Bertz CT molecular complexity index is 892. The number of hydrogen-bond acceptors (Lipinski definition) is 4. The number of aromatic nitrogens is 1. The third-order valence-electron chi connectivity index (χ3n) is 4.20. The maximum atomic E-state index is 12.2. The van der Waals surface area contributed by atoms with Gasteiger partial charge in [0.1, 0.15) is 6.61 Å². The standard InChI is InChI=1S/C21H22N2O3/c22-19(17-9-5-2-6-10-17)12-23-13-21(20(25)11-18(23)14-24)26-15-16-7-3-1-4-8-16/h1-11,13,19,24H,12,14-15,22H2. The monoisotopic (exact) mass is 350 g/mol. The molecule has 5 nitrogen and oxygen atoms in total. The fourth-order valence-corrected chi connectivity index (χ4v) is 2.76. The molecule has 3 aromatic rings. The Kier molecular flexibility index (Phi) is 5.84. The van der Waals surface area contributed by atoms with E-state index < -0.39 is 0 Å². The Morgan fingerprint density at radius 2 is 1.69 bits per heavy atom. The second-order valence-electron chi connectivity index (χ2n) is 6.10. The Morgan fingerprint density at radius 3 is 2.35 bits per heavy atom. The lowest BCUT2D eigenvalue weighted by Gasteiger charge is -2.19. The smallest absolute Gasteiger partial charge is 0.223 e. The first-order valence-corrected chi connectivity index (χ1v) is 8.49. The van der Waals surface area contributed by atoms with Crippen molar-refractivity contribution in [3.05, 3.63) is 100.0 Å². The maximum absolute atomic E-state index is 12.2. The molecule has 5 heteroatoms. The lowest BCUT2D eigenvalue weighted by Crippen LogP contribution is -2.22. The molecule has 26 heavy (non-hydrogen) atoms. The Labute approximate surface area is 152 Å². The molecule has 1 heterocycles. The number of ether oxygens (including phenoxy) is 1. The van der Waals surface area contributed by atoms with Gasteiger partial charge >= 0.3 is 0 Å². The van der Waals surface area contributed by atoms with Crippen molar-refractivity contribution in [2.45, 2.75) is 25.8 Å². The molecule has 0 fully saturated rings. The number of benzene rings is 2. The maximum Gasteiger partial charge on any atom is 0.223 e. The highest BCUT2D eigenvalue weighted by Gasteiger charge is 2.12. The number of hydrogen-bond donors (Lipinski definition) is 2. The van der Waals surface area contributed by atoms with Crippen molar-refractivity contribution in [2.75, 3.05) is 0 Å². The van der Waals surface area contributed by atoms with Gasteiger partial charge in [0, 0.05) is 24.3 Å². The predicted octanol–water partition coefficient (Wildman–Crippen LogP) is 2.62. The normalized spacial score (nSPS) is 11.9. The zero-order chi connectivity index (χ0) is 18.4. The van der Waals surface area contributed by atoms with Gasteiger partial charge in [-0.25, -0.2) is 0 Å². The van der Waals surface area contributed by atoms with Gasteiger partial charge in [-0.3, -0.25) is 4.79 Å². The van der Waals surface area contributed by atoms with Crippen molar-refractivity contribution in [2.24, 2.45) is 5.73 Å². The van der Waals surface area contributed by atoms with E-state index in [4.69, 9.17) is 10.5 Å². The minimum absolute atomic E-state index is 0.240. The Balaban J connectivity index is 1.81. The third-order valence-corrected chi connectivity index (χ3v) is 4.20. The van der Waals surface area contributed by atoms with Gasteiger partial charge in [0.2, 0.25) is 5.43 Å². The molecule has 1 atom stereocenters. The predicted molar refractivity (Wildman–Crippen MR) is 101 cm³/mol. The molecule has 3 rings (SSSR count). The second kappa shape index (κ2) is 8.47. The van der Waals surface area contributed by atoms with Crippen LogP contribution in [0.4, 0.5) is 0 Å². The fraction of sp³-hybridized carbons (Fsp3) is 0.190. The molecule has 3 N–H and O–H groups in total. The molecule has 1 unspecified atom stereocenters. The zero-order valence-electron chi connectivity index (χ0n) is 14.4. The minimum atomic E-state index is -0.258. The molecule has 0 aliphatic heterocycles. The lowest BCUT2D eigenvalue weighted by atomic mass is 10.1.